The second-order valence-electron chi connectivity index (χ2n) is 5.36. The van der Waals surface area contributed by atoms with Crippen molar-refractivity contribution in [2.45, 2.75) is 13.2 Å². The molecule has 0 saturated heterocycles. The average molecular weight is 430 g/mol. The van der Waals surface area contributed by atoms with E-state index in [-0.39, 0.29) is 17.4 Å². The highest BCUT2D eigenvalue weighted by Crippen LogP contribution is 2.30. The van der Waals surface area contributed by atoms with E-state index in [2.05, 4.69) is 20.7 Å². The number of nitrogens with zero attached hydrogens (tertiary/aromatic N) is 1. The van der Waals surface area contributed by atoms with Crippen molar-refractivity contribution in [2.24, 2.45) is 0 Å². The molecule has 0 radical (unpaired) electrons. The van der Waals surface area contributed by atoms with Gasteiger partial charge in [-0.15, -0.1) is 0 Å². The zero-order chi connectivity index (χ0) is 19.3. The zero-order valence-corrected chi connectivity index (χ0v) is 16.0. The van der Waals surface area contributed by atoms with E-state index >= 15 is 0 Å². The van der Waals surface area contributed by atoms with Crippen molar-refractivity contribution in [1.82, 2.24) is 4.90 Å². The van der Waals surface area contributed by atoms with Gasteiger partial charge in [0.15, 0.2) is 11.5 Å². The first-order valence-corrected chi connectivity index (χ1v) is 8.35. The largest absolute Gasteiger partial charge is 0.496 e. The molecule has 5 nitrogen and oxygen atoms in total. The average Bonchev–Trinajstić information content (AvgIpc) is 2.61. The van der Waals surface area contributed by atoms with Crippen molar-refractivity contribution in [3.05, 3.63) is 52.0 Å². The van der Waals surface area contributed by atoms with E-state index in [0.717, 1.165) is 10.0 Å². The molecule has 26 heavy (non-hydrogen) atoms. The first kappa shape index (κ1) is 20.0. The van der Waals surface area contributed by atoms with E-state index in [1.807, 2.05) is 12.1 Å². The number of benzene rings is 2. The molecule has 1 amide bonds. The second kappa shape index (κ2) is 8.84. The van der Waals surface area contributed by atoms with Crippen molar-refractivity contribution in [3.8, 4) is 17.2 Å². The molecule has 2 aromatic carbocycles. The van der Waals surface area contributed by atoms with E-state index in [0.29, 0.717) is 17.9 Å². The normalized spacial score (nSPS) is 10.6. The maximum Gasteiger partial charge on any atom is 0.387 e. The molecule has 0 saturated carbocycles. The molecule has 8 heteroatoms. The van der Waals surface area contributed by atoms with E-state index in [1.165, 1.54) is 30.2 Å². The summed E-state index contributed by atoms with van der Waals surface area (Å²) in [6, 6.07) is 9.58. The molecule has 140 valence electrons. The Kier molecular flexibility index (Phi) is 6.79. The van der Waals surface area contributed by atoms with Crippen molar-refractivity contribution in [3.63, 3.8) is 0 Å². The first-order valence-electron chi connectivity index (χ1n) is 7.56. The van der Waals surface area contributed by atoms with Gasteiger partial charge in [0.1, 0.15) is 5.75 Å². The number of alkyl halides is 2. The number of ether oxygens (including phenoxy) is 3. The molecule has 0 bridgehead atoms. The van der Waals surface area contributed by atoms with Gasteiger partial charge in [0.25, 0.3) is 5.91 Å². The van der Waals surface area contributed by atoms with Crippen LogP contribution in [-0.4, -0.2) is 38.7 Å². The third-order valence-electron chi connectivity index (χ3n) is 3.62. The molecule has 0 fully saturated rings. The van der Waals surface area contributed by atoms with E-state index in [4.69, 9.17) is 9.47 Å². The van der Waals surface area contributed by atoms with Crippen LogP contribution < -0.4 is 14.2 Å². The highest BCUT2D eigenvalue weighted by atomic mass is 79.9. The van der Waals surface area contributed by atoms with Crippen LogP contribution in [0.25, 0.3) is 0 Å². The summed E-state index contributed by atoms with van der Waals surface area (Å²) in [6.45, 7) is -2.67. The van der Waals surface area contributed by atoms with Crippen LogP contribution in [0.1, 0.15) is 15.9 Å². The lowest BCUT2D eigenvalue weighted by molar-refractivity contribution is -0.0512. The Morgan fingerprint density at radius 3 is 2.35 bits per heavy atom. The third kappa shape index (κ3) is 4.85. The molecule has 0 aliphatic rings. The summed E-state index contributed by atoms with van der Waals surface area (Å²) >= 11 is 3.39. The van der Waals surface area contributed by atoms with Crippen molar-refractivity contribution in [1.29, 1.82) is 0 Å². The lowest BCUT2D eigenvalue weighted by Crippen LogP contribution is -2.26. The monoisotopic (exact) mass is 429 g/mol. The highest BCUT2D eigenvalue weighted by molar-refractivity contribution is 9.10. The van der Waals surface area contributed by atoms with Gasteiger partial charge in [0.2, 0.25) is 0 Å². The number of methoxy groups -OCH3 is 2. The number of hydrogen-bond donors (Lipinski definition) is 0. The molecule has 0 aliphatic carbocycles. The molecule has 0 spiro atoms. The first-order chi connectivity index (χ1) is 12.3. The molecule has 0 aliphatic heterocycles. The minimum atomic E-state index is -2.97. The van der Waals surface area contributed by atoms with Gasteiger partial charge in [-0.3, -0.25) is 4.79 Å². The van der Waals surface area contributed by atoms with Crippen LogP contribution in [0.4, 0.5) is 8.78 Å². The summed E-state index contributed by atoms with van der Waals surface area (Å²) in [5.74, 6) is 0.292. The summed E-state index contributed by atoms with van der Waals surface area (Å²) in [7, 11) is 4.51. The Hall–Kier alpha value is -2.35. The molecule has 0 aromatic heterocycles. The van der Waals surface area contributed by atoms with Crippen molar-refractivity contribution < 1.29 is 27.8 Å². The Balaban J connectivity index is 2.21. The van der Waals surface area contributed by atoms with E-state index < -0.39 is 6.61 Å². The summed E-state index contributed by atoms with van der Waals surface area (Å²) < 4.78 is 40.4. The fraction of sp³-hybridized carbons (Fsp3) is 0.278. The third-order valence-corrected chi connectivity index (χ3v) is 4.12. The molecule has 0 heterocycles. The summed E-state index contributed by atoms with van der Waals surface area (Å²) in [4.78, 5) is 14.2. The summed E-state index contributed by atoms with van der Waals surface area (Å²) in [6.07, 6.45) is 0. The fourth-order valence-corrected chi connectivity index (χ4v) is 2.82. The van der Waals surface area contributed by atoms with Gasteiger partial charge >= 0.3 is 6.61 Å². The SMILES string of the molecule is COc1ccc(Br)cc1CN(C)C(=O)c1ccc(OC(F)F)c(OC)c1. The molecular weight excluding hydrogens is 412 g/mol. The van der Waals surface area contributed by atoms with Crippen LogP contribution in [0.5, 0.6) is 17.2 Å². The van der Waals surface area contributed by atoms with Gasteiger partial charge in [-0.05, 0) is 36.4 Å². The Morgan fingerprint density at radius 1 is 1.08 bits per heavy atom. The topological polar surface area (TPSA) is 48.0 Å². The maximum atomic E-state index is 12.7. The second-order valence-corrected chi connectivity index (χ2v) is 6.28. The number of carbonyl (C=O) groups excluding carboxylic acids is 1. The smallest absolute Gasteiger partial charge is 0.387 e. The fourth-order valence-electron chi connectivity index (χ4n) is 2.41. The molecule has 2 rings (SSSR count). The minimum absolute atomic E-state index is 0.0598. The molecule has 0 unspecified atom stereocenters. The number of carbonyl (C=O) groups is 1. The van der Waals surface area contributed by atoms with E-state index in [9.17, 15) is 13.6 Å². The van der Waals surface area contributed by atoms with Gasteiger partial charge in [0, 0.05) is 29.2 Å². The predicted octanol–water partition coefficient (Wildman–Crippen LogP) is 4.34. The van der Waals surface area contributed by atoms with Crippen molar-refractivity contribution >= 4 is 21.8 Å². The lowest BCUT2D eigenvalue weighted by atomic mass is 10.1. The van der Waals surface area contributed by atoms with Crippen LogP contribution >= 0.6 is 15.9 Å². The molecule has 0 atom stereocenters. The zero-order valence-electron chi connectivity index (χ0n) is 14.5. The molecule has 2 aromatic rings. The van der Waals surface area contributed by atoms with Gasteiger partial charge in [-0.25, -0.2) is 0 Å². The van der Waals surface area contributed by atoms with Gasteiger partial charge < -0.3 is 19.1 Å². The van der Waals surface area contributed by atoms with Crippen LogP contribution in [0.3, 0.4) is 0 Å². The standard InChI is InChI=1S/C18H18BrF2NO4/c1-22(10-12-8-13(19)5-7-14(12)24-2)17(23)11-4-6-15(26-18(20)21)16(9-11)25-3/h4-9,18H,10H2,1-3H3. The van der Waals surface area contributed by atoms with Gasteiger partial charge in [-0.1, -0.05) is 15.9 Å². The quantitative estimate of drug-likeness (QED) is 0.656. The lowest BCUT2D eigenvalue weighted by Gasteiger charge is -2.20. The van der Waals surface area contributed by atoms with Crippen LogP contribution in [-0.2, 0) is 6.54 Å². The maximum absolute atomic E-state index is 12.7. The predicted molar refractivity (Wildman–Crippen MR) is 96.1 cm³/mol. The van der Waals surface area contributed by atoms with Gasteiger partial charge in [-0.2, -0.15) is 8.78 Å². The minimum Gasteiger partial charge on any atom is -0.496 e. The molecular formula is C18H18BrF2NO4. The number of rotatable bonds is 7. The summed E-state index contributed by atoms with van der Waals surface area (Å²) in [5, 5.41) is 0. The highest BCUT2D eigenvalue weighted by Gasteiger charge is 2.18. The van der Waals surface area contributed by atoms with Crippen LogP contribution in [0.2, 0.25) is 0 Å². The number of hydrogen-bond acceptors (Lipinski definition) is 4. The van der Waals surface area contributed by atoms with E-state index in [1.54, 1.807) is 20.2 Å². The van der Waals surface area contributed by atoms with Crippen molar-refractivity contribution in [2.75, 3.05) is 21.3 Å². The Morgan fingerprint density at radius 2 is 1.73 bits per heavy atom. The van der Waals surface area contributed by atoms with Crippen LogP contribution in [0.15, 0.2) is 40.9 Å². The Bertz CT molecular complexity index is 786. The van der Waals surface area contributed by atoms with Crippen LogP contribution in [0, 0.1) is 0 Å². The molecule has 0 N–H and O–H groups in total. The number of amides is 1. The van der Waals surface area contributed by atoms with Gasteiger partial charge in [0.05, 0.1) is 14.2 Å². The number of halogens is 3. The Labute approximate surface area is 158 Å². The summed E-state index contributed by atoms with van der Waals surface area (Å²) in [5.41, 5.74) is 1.11.